The second kappa shape index (κ2) is 5.31. The summed E-state index contributed by atoms with van der Waals surface area (Å²) in [5.41, 5.74) is -5.72. The number of rotatable bonds is 4. The Morgan fingerprint density at radius 3 is 2.67 bits per heavy atom. The number of esters is 2. The zero-order chi connectivity index (χ0) is 17.9. The molecule has 5 atom stereocenters. The van der Waals surface area contributed by atoms with Gasteiger partial charge in [0.2, 0.25) is 0 Å². The van der Waals surface area contributed by atoms with Crippen LogP contribution >= 0.6 is 0 Å². The van der Waals surface area contributed by atoms with Crippen LogP contribution in [0.3, 0.4) is 0 Å². The van der Waals surface area contributed by atoms with Gasteiger partial charge in [-0.15, -0.1) is 0 Å². The van der Waals surface area contributed by atoms with Crippen LogP contribution < -0.4 is 5.11 Å². The number of nitrogens with zero attached hydrogens (tertiary/aromatic N) is 1. The summed E-state index contributed by atoms with van der Waals surface area (Å²) < 4.78 is 74.5. The van der Waals surface area contributed by atoms with Gasteiger partial charge in [0.05, 0.1) is 12.0 Å². The van der Waals surface area contributed by atoms with Crippen molar-refractivity contribution in [2.24, 2.45) is 16.2 Å². The number of fused-ring (bicyclic) bond motifs is 1. The van der Waals surface area contributed by atoms with E-state index in [1.807, 2.05) is 4.40 Å². The number of hydrogen-bond donors (Lipinski definition) is 0. The monoisotopic (exact) mass is 372 g/mol. The van der Waals surface area contributed by atoms with Crippen LogP contribution in [-0.2, 0) is 33.8 Å². The van der Waals surface area contributed by atoms with E-state index in [0.717, 1.165) is 0 Å². The lowest BCUT2D eigenvalue weighted by Crippen LogP contribution is -2.40. The van der Waals surface area contributed by atoms with Crippen molar-refractivity contribution in [2.75, 3.05) is 6.61 Å². The molecule has 3 fully saturated rings. The minimum atomic E-state index is -6.00. The quantitative estimate of drug-likeness (QED) is 0.330. The zero-order valence-corrected chi connectivity index (χ0v) is 12.4. The molecule has 3 aliphatic rings. The van der Waals surface area contributed by atoms with Gasteiger partial charge in [0.15, 0.2) is 0 Å². The molecule has 5 unspecified atom stereocenters. The third-order valence-corrected chi connectivity index (χ3v) is 5.00. The molecular weight excluding hydrogens is 363 g/mol. The Balaban J connectivity index is 1.62. The molecule has 0 saturated carbocycles. The summed E-state index contributed by atoms with van der Waals surface area (Å²) in [6.45, 7) is -1.29. The molecule has 0 aromatic rings. The number of carbonyl (C=O) groups excluding carboxylic acids is 2. The van der Waals surface area contributed by atoms with E-state index in [9.17, 15) is 36.3 Å². The molecule has 0 amide bonds. The maximum atomic E-state index is 12.1. The Hall–Kier alpha value is -1.89. The molecule has 0 aromatic carbocycles. The molecule has 24 heavy (non-hydrogen) atoms. The van der Waals surface area contributed by atoms with Gasteiger partial charge < -0.3 is 19.3 Å². The summed E-state index contributed by atoms with van der Waals surface area (Å²) >= 11 is 0. The van der Waals surface area contributed by atoms with E-state index in [1.54, 1.807) is 0 Å². The highest BCUT2D eigenvalue weighted by Crippen LogP contribution is 2.49. The minimum Gasteiger partial charge on any atom is -0.859 e. The summed E-state index contributed by atoms with van der Waals surface area (Å²) in [5, 5.41) is 11.2. The predicted molar refractivity (Wildman–Crippen MR) is 63.5 cm³/mol. The largest absolute Gasteiger partial charge is 0.859 e. The van der Waals surface area contributed by atoms with Crippen molar-refractivity contribution in [3.63, 3.8) is 0 Å². The van der Waals surface area contributed by atoms with Crippen molar-refractivity contribution >= 4 is 27.9 Å². The Bertz CT molecular complexity index is 717. The SMILES string of the molecule is O=C1OC2C3OC(CC13)C2C(=O)OC/C([O-])=N/S(=O)(=O)C(F)(F)F. The number of carbonyl (C=O) groups is 2. The molecule has 3 heterocycles. The lowest BCUT2D eigenvalue weighted by molar-refractivity contribution is -0.223. The molecular formula is C11H9F3NO8S-. The molecule has 0 spiro atoms. The van der Waals surface area contributed by atoms with Crippen molar-refractivity contribution in [1.29, 1.82) is 0 Å². The van der Waals surface area contributed by atoms with Crippen molar-refractivity contribution in [3.8, 4) is 0 Å². The maximum Gasteiger partial charge on any atom is 0.518 e. The predicted octanol–water partition coefficient (Wildman–Crippen LogP) is -1.53. The van der Waals surface area contributed by atoms with Crippen LogP contribution in [0.5, 0.6) is 0 Å². The highest BCUT2D eigenvalue weighted by molar-refractivity contribution is 7.91. The fourth-order valence-electron chi connectivity index (χ4n) is 3.01. The number of ether oxygens (including phenoxy) is 3. The van der Waals surface area contributed by atoms with Crippen molar-refractivity contribution < 1.29 is 50.5 Å². The second-order valence-corrected chi connectivity index (χ2v) is 7.02. The Labute approximate surface area is 132 Å². The van der Waals surface area contributed by atoms with E-state index in [2.05, 4.69) is 4.74 Å². The smallest absolute Gasteiger partial charge is 0.518 e. The van der Waals surface area contributed by atoms with E-state index in [1.165, 1.54) is 0 Å². The first kappa shape index (κ1) is 17.0. The summed E-state index contributed by atoms with van der Waals surface area (Å²) in [4.78, 5) is 23.4. The van der Waals surface area contributed by atoms with Crippen LogP contribution in [0.15, 0.2) is 4.40 Å². The summed E-state index contributed by atoms with van der Waals surface area (Å²) in [5.74, 6) is -4.80. The number of alkyl halides is 3. The second-order valence-electron chi connectivity index (χ2n) is 5.42. The Morgan fingerprint density at radius 2 is 2.04 bits per heavy atom. The molecule has 0 aromatic heterocycles. The van der Waals surface area contributed by atoms with Crippen LogP contribution in [0.1, 0.15) is 6.42 Å². The first-order valence-electron chi connectivity index (χ1n) is 6.61. The Morgan fingerprint density at radius 1 is 1.38 bits per heavy atom. The lowest BCUT2D eigenvalue weighted by atomic mass is 9.82. The topological polar surface area (TPSA) is 131 Å². The third kappa shape index (κ3) is 2.60. The molecule has 3 saturated heterocycles. The normalized spacial score (nSPS) is 35.2. The molecule has 0 N–H and O–H groups in total. The molecule has 0 aliphatic carbocycles. The van der Waals surface area contributed by atoms with Gasteiger partial charge >= 0.3 is 27.5 Å². The van der Waals surface area contributed by atoms with Gasteiger partial charge in [-0.3, -0.25) is 9.59 Å². The third-order valence-electron chi connectivity index (χ3n) is 3.97. The van der Waals surface area contributed by atoms with Gasteiger partial charge in [-0.2, -0.15) is 26.0 Å². The highest BCUT2D eigenvalue weighted by atomic mass is 32.2. The number of halogens is 3. The van der Waals surface area contributed by atoms with Crippen LogP contribution in [0.25, 0.3) is 0 Å². The first-order valence-corrected chi connectivity index (χ1v) is 8.05. The summed E-state index contributed by atoms with van der Waals surface area (Å²) in [6.07, 6.45) is -1.89. The molecule has 0 radical (unpaired) electrons. The molecule has 134 valence electrons. The zero-order valence-electron chi connectivity index (χ0n) is 11.6. The van der Waals surface area contributed by atoms with Crippen molar-refractivity contribution in [2.45, 2.75) is 30.2 Å². The molecule has 9 nitrogen and oxygen atoms in total. The summed E-state index contributed by atoms with van der Waals surface area (Å²) in [7, 11) is -6.00. The molecule has 13 heteroatoms. The average molecular weight is 372 g/mol. The van der Waals surface area contributed by atoms with Gasteiger partial charge in [-0.1, -0.05) is 0 Å². The molecule has 2 bridgehead atoms. The fourth-order valence-corrected chi connectivity index (χ4v) is 3.43. The summed E-state index contributed by atoms with van der Waals surface area (Å²) in [6, 6.07) is 0. The fraction of sp³-hybridized carbons (Fsp3) is 0.727. The Kier molecular flexibility index (Phi) is 3.75. The van der Waals surface area contributed by atoms with Crippen LogP contribution in [0, 0.1) is 11.8 Å². The van der Waals surface area contributed by atoms with Gasteiger partial charge in [0.1, 0.15) is 24.7 Å². The van der Waals surface area contributed by atoms with E-state index in [4.69, 9.17) is 9.47 Å². The van der Waals surface area contributed by atoms with E-state index < -0.39 is 70.1 Å². The van der Waals surface area contributed by atoms with Crippen molar-refractivity contribution in [3.05, 3.63) is 0 Å². The van der Waals surface area contributed by atoms with E-state index >= 15 is 0 Å². The maximum absolute atomic E-state index is 12.1. The lowest BCUT2D eigenvalue weighted by Gasteiger charge is -2.21. The molecule has 3 aliphatic heterocycles. The first-order chi connectivity index (χ1) is 11.0. The van der Waals surface area contributed by atoms with Crippen LogP contribution in [0.4, 0.5) is 13.2 Å². The van der Waals surface area contributed by atoms with E-state index in [0.29, 0.717) is 0 Å². The van der Waals surface area contributed by atoms with E-state index in [-0.39, 0.29) is 6.42 Å². The highest BCUT2D eigenvalue weighted by Gasteiger charge is 2.65. The molecule has 3 rings (SSSR count). The van der Waals surface area contributed by atoms with Gasteiger partial charge in [0.25, 0.3) is 0 Å². The van der Waals surface area contributed by atoms with Gasteiger partial charge in [-0.05, 0) is 6.42 Å². The standard InChI is InChI=1S/C11H10F3NO8S/c12-11(13,14)24(19,20)15-5(16)2-21-10(18)6-4-1-3-7(22-4)8(6)23-9(3)17/h3-4,6-8H,1-2H2,(H,15,16)/p-1. The van der Waals surface area contributed by atoms with Crippen LogP contribution in [-0.4, -0.2) is 56.7 Å². The van der Waals surface area contributed by atoms with Crippen LogP contribution in [0.2, 0.25) is 0 Å². The van der Waals surface area contributed by atoms with Gasteiger partial charge in [-0.25, -0.2) is 0 Å². The minimum absolute atomic E-state index is 0.237. The average Bonchev–Trinajstić information content (AvgIpc) is 3.05. The number of hydrogen-bond acceptors (Lipinski definition) is 8. The van der Waals surface area contributed by atoms with Crippen molar-refractivity contribution in [1.82, 2.24) is 0 Å². The van der Waals surface area contributed by atoms with Gasteiger partial charge in [0, 0.05) is 5.90 Å². The number of sulfonamides is 1.